The van der Waals surface area contributed by atoms with Gasteiger partial charge in [0.05, 0.1) is 9.75 Å². The monoisotopic (exact) mass is 495 g/mol. The summed E-state index contributed by atoms with van der Waals surface area (Å²) in [6.45, 7) is 10.9. The summed E-state index contributed by atoms with van der Waals surface area (Å²) in [6.07, 6.45) is 4.76. The standard InChI is InChI=1S/C28H37N3O3S/c1-5-7-21-8-6-9-22(19(2)3)25(21)29-27(34)31-17-14-28(18-31)12-15-30(16-13-28)26(33)24-11-10-23(35-24)20(4)32/h6,8-11,19H,5,7,12-18H2,1-4H3,(H,29,34). The van der Waals surface area contributed by atoms with Crippen LogP contribution < -0.4 is 5.32 Å². The molecule has 4 rings (SSSR count). The molecule has 6 nitrogen and oxygen atoms in total. The fourth-order valence-corrected chi connectivity index (χ4v) is 6.29. The highest BCUT2D eigenvalue weighted by Gasteiger charge is 2.43. The first kappa shape index (κ1) is 25.4. The van der Waals surface area contributed by atoms with Crippen LogP contribution >= 0.6 is 11.3 Å². The van der Waals surface area contributed by atoms with Crippen LogP contribution in [0.15, 0.2) is 30.3 Å². The Bertz CT molecular complexity index is 1100. The number of carbonyl (C=O) groups excluding carboxylic acids is 3. The van der Waals surface area contributed by atoms with Gasteiger partial charge in [0, 0.05) is 31.9 Å². The third-order valence-corrected chi connectivity index (χ3v) is 8.73. The fraction of sp³-hybridized carbons (Fsp3) is 0.536. The maximum Gasteiger partial charge on any atom is 0.321 e. The lowest BCUT2D eigenvalue weighted by Gasteiger charge is -2.39. The van der Waals surface area contributed by atoms with Crippen LogP contribution in [-0.4, -0.2) is 53.7 Å². The molecule has 2 fully saturated rings. The number of nitrogens with zero attached hydrogens (tertiary/aromatic N) is 2. The van der Waals surface area contributed by atoms with Crippen LogP contribution in [0.4, 0.5) is 10.5 Å². The van der Waals surface area contributed by atoms with Crippen molar-refractivity contribution in [2.24, 2.45) is 5.41 Å². The van der Waals surface area contributed by atoms with Gasteiger partial charge in [-0.15, -0.1) is 11.3 Å². The molecule has 2 aliphatic heterocycles. The summed E-state index contributed by atoms with van der Waals surface area (Å²) in [4.78, 5) is 42.9. The minimum Gasteiger partial charge on any atom is -0.338 e. The molecule has 35 heavy (non-hydrogen) atoms. The SMILES string of the molecule is CCCc1cccc(C(C)C)c1NC(=O)N1CCC2(CCN(C(=O)c3ccc(C(C)=O)s3)CC2)C1. The number of rotatable bonds is 6. The minimum absolute atomic E-state index is 0.00574. The predicted octanol–water partition coefficient (Wildman–Crippen LogP) is 6.19. The summed E-state index contributed by atoms with van der Waals surface area (Å²) in [5.41, 5.74) is 3.45. The number of piperidine rings is 1. The molecule has 188 valence electrons. The Morgan fingerprint density at radius 2 is 1.66 bits per heavy atom. The number of likely N-dealkylation sites (tertiary alicyclic amines) is 2. The van der Waals surface area contributed by atoms with Gasteiger partial charge in [-0.1, -0.05) is 45.4 Å². The van der Waals surface area contributed by atoms with E-state index in [2.05, 4.69) is 44.3 Å². The zero-order chi connectivity index (χ0) is 25.2. The number of para-hydroxylation sites is 1. The van der Waals surface area contributed by atoms with E-state index in [4.69, 9.17) is 0 Å². The summed E-state index contributed by atoms with van der Waals surface area (Å²) in [6, 6.07) is 9.81. The molecule has 0 aliphatic carbocycles. The van der Waals surface area contributed by atoms with Gasteiger partial charge in [0.15, 0.2) is 5.78 Å². The average Bonchev–Trinajstić information content (AvgIpc) is 3.49. The van der Waals surface area contributed by atoms with Crippen molar-refractivity contribution < 1.29 is 14.4 Å². The molecule has 3 heterocycles. The molecule has 1 N–H and O–H groups in total. The smallest absolute Gasteiger partial charge is 0.321 e. The Morgan fingerprint density at radius 1 is 1.00 bits per heavy atom. The van der Waals surface area contributed by atoms with Crippen molar-refractivity contribution in [3.05, 3.63) is 51.2 Å². The third-order valence-electron chi connectivity index (χ3n) is 7.56. The molecule has 3 amide bonds. The van der Waals surface area contributed by atoms with E-state index >= 15 is 0 Å². The van der Waals surface area contributed by atoms with E-state index in [9.17, 15) is 14.4 Å². The number of nitrogens with one attached hydrogen (secondary N) is 1. The normalized spacial score (nSPS) is 17.3. The Labute approximate surface area is 212 Å². The highest BCUT2D eigenvalue weighted by atomic mass is 32.1. The molecule has 7 heteroatoms. The van der Waals surface area contributed by atoms with E-state index in [1.807, 2.05) is 9.80 Å². The number of Topliss-reactive ketones (excluding diaryl/α,β-unsaturated/α-hetero) is 1. The first-order valence-electron chi connectivity index (χ1n) is 12.8. The zero-order valence-electron chi connectivity index (χ0n) is 21.4. The second kappa shape index (κ2) is 10.5. The number of thiophene rings is 1. The van der Waals surface area contributed by atoms with Crippen molar-refractivity contribution in [1.29, 1.82) is 0 Å². The molecule has 1 aromatic heterocycles. The predicted molar refractivity (Wildman–Crippen MR) is 142 cm³/mol. The Morgan fingerprint density at radius 3 is 2.26 bits per heavy atom. The number of aryl methyl sites for hydroxylation is 1. The van der Waals surface area contributed by atoms with Crippen LogP contribution in [0, 0.1) is 5.41 Å². The van der Waals surface area contributed by atoms with Gasteiger partial charge in [-0.25, -0.2) is 4.79 Å². The average molecular weight is 496 g/mol. The molecule has 0 unspecified atom stereocenters. The van der Waals surface area contributed by atoms with Gasteiger partial charge < -0.3 is 15.1 Å². The maximum atomic E-state index is 13.3. The van der Waals surface area contributed by atoms with Gasteiger partial charge in [0.25, 0.3) is 5.91 Å². The molecule has 1 spiro atoms. The van der Waals surface area contributed by atoms with Crippen molar-refractivity contribution >= 4 is 34.7 Å². The fourth-order valence-electron chi connectivity index (χ4n) is 5.42. The molecular weight excluding hydrogens is 458 g/mol. The number of carbonyl (C=O) groups is 3. The van der Waals surface area contributed by atoms with E-state index < -0.39 is 0 Å². The second-order valence-corrected chi connectivity index (χ2v) is 11.5. The first-order valence-corrected chi connectivity index (χ1v) is 13.6. The summed E-state index contributed by atoms with van der Waals surface area (Å²) >= 11 is 1.28. The molecule has 0 bridgehead atoms. The van der Waals surface area contributed by atoms with Crippen molar-refractivity contribution in [3.8, 4) is 0 Å². The van der Waals surface area contributed by atoms with Gasteiger partial charge in [0.1, 0.15) is 0 Å². The highest BCUT2D eigenvalue weighted by molar-refractivity contribution is 7.15. The highest BCUT2D eigenvalue weighted by Crippen LogP contribution is 2.41. The molecule has 2 aromatic rings. The lowest BCUT2D eigenvalue weighted by molar-refractivity contribution is 0.0599. The van der Waals surface area contributed by atoms with Crippen molar-refractivity contribution in [2.75, 3.05) is 31.5 Å². The number of hydrogen-bond donors (Lipinski definition) is 1. The van der Waals surface area contributed by atoms with Gasteiger partial charge in [-0.2, -0.15) is 0 Å². The van der Waals surface area contributed by atoms with E-state index in [1.54, 1.807) is 12.1 Å². The van der Waals surface area contributed by atoms with Crippen LogP contribution in [-0.2, 0) is 6.42 Å². The van der Waals surface area contributed by atoms with Crippen LogP contribution in [0.5, 0.6) is 0 Å². The van der Waals surface area contributed by atoms with E-state index in [0.717, 1.165) is 50.9 Å². The quantitative estimate of drug-likeness (QED) is 0.486. The maximum absolute atomic E-state index is 13.3. The molecule has 0 saturated carbocycles. The van der Waals surface area contributed by atoms with Crippen LogP contribution in [0.25, 0.3) is 0 Å². The van der Waals surface area contributed by atoms with Crippen LogP contribution in [0.2, 0.25) is 0 Å². The van der Waals surface area contributed by atoms with Crippen molar-refractivity contribution in [1.82, 2.24) is 9.80 Å². The number of ketones is 1. The lowest BCUT2D eigenvalue weighted by atomic mass is 9.78. The Balaban J connectivity index is 1.38. The topological polar surface area (TPSA) is 69.7 Å². The van der Waals surface area contributed by atoms with E-state index in [-0.39, 0.29) is 23.1 Å². The molecule has 0 radical (unpaired) electrons. The third kappa shape index (κ3) is 5.45. The molecule has 1 aromatic carbocycles. The van der Waals surface area contributed by atoms with E-state index in [1.165, 1.54) is 29.4 Å². The van der Waals surface area contributed by atoms with E-state index in [0.29, 0.717) is 28.8 Å². The van der Waals surface area contributed by atoms with Gasteiger partial charge >= 0.3 is 6.03 Å². The van der Waals surface area contributed by atoms with Gasteiger partial charge in [0.2, 0.25) is 0 Å². The van der Waals surface area contributed by atoms with Gasteiger partial charge in [-0.3, -0.25) is 9.59 Å². The molecule has 2 aliphatic rings. The summed E-state index contributed by atoms with van der Waals surface area (Å²) in [7, 11) is 0. The number of hydrogen-bond acceptors (Lipinski definition) is 4. The molecular formula is C28H37N3O3S. The number of urea groups is 1. The van der Waals surface area contributed by atoms with Crippen molar-refractivity contribution in [3.63, 3.8) is 0 Å². The summed E-state index contributed by atoms with van der Waals surface area (Å²) < 4.78 is 0. The van der Waals surface area contributed by atoms with Crippen LogP contribution in [0.1, 0.15) is 89.8 Å². The summed E-state index contributed by atoms with van der Waals surface area (Å²) in [5, 5.41) is 3.27. The second-order valence-electron chi connectivity index (χ2n) is 10.4. The molecule has 0 atom stereocenters. The Hall–Kier alpha value is -2.67. The number of benzene rings is 1. The Kier molecular flexibility index (Phi) is 7.64. The van der Waals surface area contributed by atoms with Gasteiger partial charge in [-0.05, 0) is 67.2 Å². The van der Waals surface area contributed by atoms with Crippen molar-refractivity contribution in [2.45, 2.75) is 65.7 Å². The number of anilines is 1. The first-order chi connectivity index (χ1) is 16.7. The lowest BCUT2D eigenvalue weighted by Crippen LogP contribution is -2.45. The number of amides is 3. The minimum atomic E-state index is -0.0128. The summed E-state index contributed by atoms with van der Waals surface area (Å²) in [5.74, 6) is 0.344. The largest absolute Gasteiger partial charge is 0.338 e. The molecule has 2 saturated heterocycles. The van der Waals surface area contributed by atoms with Crippen LogP contribution in [0.3, 0.4) is 0 Å². The zero-order valence-corrected chi connectivity index (χ0v) is 22.2.